The van der Waals surface area contributed by atoms with Crippen LogP contribution in [0.15, 0.2) is 30.3 Å². The number of nitrogens with zero attached hydrogens (tertiary/aromatic N) is 1. The van der Waals surface area contributed by atoms with Gasteiger partial charge in [0.25, 0.3) is 0 Å². The van der Waals surface area contributed by atoms with E-state index in [0.717, 1.165) is 24.7 Å². The van der Waals surface area contributed by atoms with E-state index in [1.165, 1.54) is 12.8 Å². The quantitative estimate of drug-likeness (QED) is 0.769. The first-order valence-corrected chi connectivity index (χ1v) is 6.85. The molecule has 1 fully saturated rings. The third-order valence-corrected chi connectivity index (χ3v) is 4.02. The van der Waals surface area contributed by atoms with Crippen LogP contribution in [0, 0.1) is 0 Å². The van der Waals surface area contributed by atoms with Crippen LogP contribution in [-0.2, 0) is 5.54 Å². The number of aliphatic hydroxyl groups excluding tert-OH is 1. The zero-order chi connectivity index (χ0) is 13.0. The van der Waals surface area contributed by atoms with E-state index < -0.39 is 0 Å². The first kappa shape index (κ1) is 13.5. The van der Waals surface area contributed by atoms with Crippen LogP contribution in [0.25, 0.3) is 0 Å². The number of likely N-dealkylation sites (N-methyl/N-ethyl adjacent to an activating group) is 2. The number of nitrogens with one attached hydrogen (secondary N) is 1. The highest BCUT2D eigenvalue weighted by atomic mass is 16.3. The molecule has 1 aromatic carbocycles. The number of hydrogen-bond donors (Lipinski definition) is 2. The molecule has 1 aromatic rings. The smallest absolute Gasteiger partial charge is 0.0795 e. The lowest BCUT2D eigenvalue weighted by Gasteiger charge is -2.37. The monoisotopic (exact) mass is 248 g/mol. The molecule has 0 aromatic heterocycles. The summed E-state index contributed by atoms with van der Waals surface area (Å²) in [6.45, 7) is 4.23. The van der Waals surface area contributed by atoms with Gasteiger partial charge in [-0.25, -0.2) is 0 Å². The lowest BCUT2D eigenvalue weighted by molar-refractivity contribution is 0.111. The summed E-state index contributed by atoms with van der Waals surface area (Å²) in [5.74, 6) is 0. The Morgan fingerprint density at radius 3 is 2.44 bits per heavy atom. The van der Waals surface area contributed by atoms with Crippen LogP contribution < -0.4 is 5.32 Å². The largest absolute Gasteiger partial charge is 0.394 e. The fourth-order valence-corrected chi connectivity index (χ4v) is 2.58. The predicted octanol–water partition coefficient (Wildman–Crippen LogP) is 1.58. The van der Waals surface area contributed by atoms with Crippen molar-refractivity contribution in [3.05, 3.63) is 35.9 Å². The van der Waals surface area contributed by atoms with Gasteiger partial charge in [-0.05, 0) is 32.0 Å². The minimum absolute atomic E-state index is 0.122. The summed E-state index contributed by atoms with van der Waals surface area (Å²) in [5, 5.41) is 13.2. The maximum Gasteiger partial charge on any atom is 0.0795 e. The van der Waals surface area contributed by atoms with Crippen molar-refractivity contribution in [2.24, 2.45) is 0 Å². The van der Waals surface area contributed by atoms with Gasteiger partial charge >= 0.3 is 0 Å². The topological polar surface area (TPSA) is 35.5 Å². The lowest BCUT2D eigenvalue weighted by atomic mass is 9.90. The molecule has 1 aliphatic carbocycles. The fraction of sp³-hybridized carbons (Fsp3) is 0.600. The molecule has 2 N–H and O–H groups in total. The van der Waals surface area contributed by atoms with Crippen molar-refractivity contribution in [2.45, 2.75) is 31.3 Å². The zero-order valence-electron chi connectivity index (χ0n) is 11.4. The highest BCUT2D eigenvalue weighted by molar-refractivity contribution is 5.25. The van der Waals surface area contributed by atoms with Crippen LogP contribution in [0.3, 0.4) is 0 Å². The van der Waals surface area contributed by atoms with Crippen molar-refractivity contribution in [1.29, 1.82) is 0 Å². The van der Waals surface area contributed by atoms with Gasteiger partial charge < -0.3 is 10.4 Å². The molecule has 1 unspecified atom stereocenters. The first-order chi connectivity index (χ1) is 8.75. The Morgan fingerprint density at radius 2 is 2.00 bits per heavy atom. The zero-order valence-corrected chi connectivity index (χ0v) is 11.4. The Bertz CT molecular complexity index is 358. The minimum Gasteiger partial charge on any atom is -0.394 e. The van der Waals surface area contributed by atoms with Crippen molar-refractivity contribution >= 4 is 0 Å². The first-order valence-electron chi connectivity index (χ1n) is 6.85. The summed E-state index contributed by atoms with van der Waals surface area (Å²) in [6.07, 6.45) is 2.60. The molecule has 0 amide bonds. The minimum atomic E-state index is -0.347. The van der Waals surface area contributed by atoms with Crippen molar-refractivity contribution in [3.8, 4) is 0 Å². The molecule has 0 radical (unpaired) electrons. The molecule has 2 rings (SSSR count). The standard InChI is InChI=1S/C15H24N2O/c1-3-17(14-9-10-14)11-15(12-18,16-2)13-7-5-4-6-8-13/h4-8,14,16,18H,3,9-12H2,1-2H3. The van der Waals surface area contributed by atoms with Gasteiger partial charge in [0.15, 0.2) is 0 Å². The molecule has 0 aliphatic heterocycles. The number of rotatable bonds is 7. The van der Waals surface area contributed by atoms with E-state index in [1.807, 2.05) is 25.2 Å². The molecule has 0 bridgehead atoms. The summed E-state index contributed by atoms with van der Waals surface area (Å²) in [7, 11) is 1.93. The second-order valence-electron chi connectivity index (χ2n) is 5.15. The van der Waals surface area contributed by atoms with Crippen molar-refractivity contribution in [3.63, 3.8) is 0 Å². The van der Waals surface area contributed by atoms with E-state index >= 15 is 0 Å². The molecule has 0 spiro atoms. The second-order valence-corrected chi connectivity index (χ2v) is 5.15. The Labute approximate surface area is 110 Å². The molecule has 3 heteroatoms. The van der Waals surface area contributed by atoms with Crippen LogP contribution >= 0.6 is 0 Å². The van der Waals surface area contributed by atoms with E-state index in [9.17, 15) is 5.11 Å². The molecular weight excluding hydrogens is 224 g/mol. The molecule has 18 heavy (non-hydrogen) atoms. The van der Waals surface area contributed by atoms with Crippen LogP contribution in [0.2, 0.25) is 0 Å². The average Bonchev–Trinajstić information content (AvgIpc) is 3.27. The summed E-state index contributed by atoms with van der Waals surface area (Å²) in [4.78, 5) is 2.47. The van der Waals surface area contributed by atoms with Gasteiger partial charge in [0.1, 0.15) is 0 Å². The van der Waals surface area contributed by atoms with E-state index in [0.29, 0.717) is 0 Å². The van der Waals surface area contributed by atoms with Gasteiger partial charge in [-0.3, -0.25) is 4.90 Å². The SMILES string of the molecule is CCN(CC(CO)(NC)c1ccccc1)C1CC1. The third-order valence-electron chi connectivity index (χ3n) is 4.02. The summed E-state index contributed by atoms with van der Waals surface area (Å²) >= 11 is 0. The lowest BCUT2D eigenvalue weighted by Crippen LogP contribution is -2.52. The average molecular weight is 248 g/mol. The second kappa shape index (κ2) is 5.83. The molecule has 1 saturated carbocycles. The van der Waals surface area contributed by atoms with Gasteiger partial charge in [0.05, 0.1) is 12.1 Å². The maximum absolute atomic E-state index is 9.89. The summed E-state index contributed by atoms with van der Waals surface area (Å²) in [5.41, 5.74) is 0.814. The van der Waals surface area contributed by atoms with E-state index in [2.05, 4.69) is 29.3 Å². The highest BCUT2D eigenvalue weighted by Gasteiger charge is 2.36. The number of hydrogen-bond acceptors (Lipinski definition) is 3. The van der Waals surface area contributed by atoms with Crippen LogP contribution in [0.1, 0.15) is 25.3 Å². The Hall–Kier alpha value is -0.900. The van der Waals surface area contributed by atoms with Gasteiger partial charge in [-0.15, -0.1) is 0 Å². The molecule has 0 saturated heterocycles. The molecular formula is C15H24N2O. The normalized spacial score (nSPS) is 18.9. The Balaban J connectivity index is 2.20. The van der Waals surface area contributed by atoms with Gasteiger partial charge in [-0.1, -0.05) is 37.3 Å². The van der Waals surface area contributed by atoms with E-state index in [-0.39, 0.29) is 12.1 Å². The Kier molecular flexibility index (Phi) is 4.38. The van der Waals surface area contributed by atoms with Gasteiger partial charge in [-0.2, -0.15) is 0 Å². The van der Waals surface area contributed by atoms with Crippen LogP contribution in [0.5, 0.6) is 0 Å². The predicted molar refractivity (Wildman–Crippen MR) is 74.5 cm³/mol. The van der Waals surface area contributed by atoms with Crippen LogP contribution in [-0.4, -0.2) is 42.8 Å². The fourth-order valence-electron chi connectivity index (χ4n) is 2.58. The van der Waals surface area contributed by atoms with Crippen molar-refractivity contribution in [1.82, 2.24) is 10.2 Å². The van der Waals surface area contributed by atoms with Crippen molar-refractivity contribution < 1.29 is 5.11 Å². The maximum atomic E-state index is 9.89. The molecule has 100 valence electrons. The Morgan fingerprint density at radius 1 is 1.33 bits per heavy atom. The van der Waals surface area contributed by atoms with Gasteiger partial charge in [0.2, 0.25) is 0 Å². The van der Waals surface area contributed by atoms with E-state index in [1.54, 1.807) is 0 Å². The van der Waals surface area contributed by atoms with Crippen LogP contribution in [0.4, 0.5) is 0 Å². The highest BCUT2D eigenvalue weighted by Crippen LogP contribution is 2.30. The van der Waals surface area contributed by atoms with Gasteiger partial charge in [0, 0.05) is 12.6 Å². The number of aliphatic hydroxyl groups is 1. The summed E-state index contributed by atoms with van der Waals surface area (Å²) in [6, 6.07) is 11.0. The molecule has 0 heterocycles. The third kappa shape index (κ3) is 2.74. The molecule has 1 atom stereocenters. The van der Waals surface area contributed by atoms with E-state index in [4.69, 9.17) is 0 Å². The molecule has 1 aliphatic rings. The van der Waals surface area contributed by atoms with Crippen molar-refractivity contribution in [2.75, 3.05) is 26.7 Å². The summed E-state index contributed by atoms with van der Waals surface area (Å²) < 4.78 is 0. The number of benzene rings is 1. The molecule has 3 nitrogen and oxygen atoms in total.